The monoisotopic (exact) mass is 478 g/mol. The Hall–Kier alpha value is -2.22. The molecule has 3 rings (SSSR count). The van der Waals surface area contributed by atoms with Crippen LogP contribution in [0.1, 0.15) is 36.9 Å². The number of ether oxygens (including phenoxy) is 1. The highest BCUT2D eigenvalue weighted by Crippen LogP contribution is 2.27. The second-order valence-electron chi connectivity index (χ2n) is 6.95. The average Bonchev–Trinajstić information content (AvgIpc) is 3.17. The summed E-state index contributed by atoms with van der Waals surface area (Å²) in [5.74, 6) is 1.60. The number of rotatable bonds is 9. The molecule has 1 amide bonds. The molecule has 6 nitrogen and oxygen atoms in total. The van der Waals surface area contributed by atoms with E-state index in [2.05, 4.69) is 15.5 Å². The number of aryl methyl sites for hydroxylation is 1. The lowest BCUT2D eigenvalue weighted by Gasteiger charge is -2.16. The fraction of sp³-hybridized carbons (Fsp3) is 0.318. The van der Waals surface area contributed by atoms with E-state index in [0.717, 1.165) is 16.9 Å². The zero-order valence-corrected chi connectivity index (χ0v) is 19.9. The molecule has 0 aliphatic heterocycles. The molecular formula is C22H24Cl2N4O2S. The van der Waals surface area contributed by atoms with Gasteiger partial charge in [-0.3, -0.25) is 4.79 Å². The number of thioether (sulfide) groups is 1. The molecule has 0 saturated heterocycles. The summed E-state index contributed by atoms with van der Waals surface area (Å²) in [4.78, 5) is 12.2. The van der Waals surface area contributed by atoms with Gasteiger partial charge in [0.2, 0.25) is 5.91 Å². The first kappa shape index (κ1) is 23.4. The van der Waals surface area contributed by atoms with Gasteiger partial charge in [0.15, 0.2) is 17.1 Å². The molecule has 164 valence electrons. The van der Waals surface area contributed by atoms with Gasteiger partial charge in [0.1, 0.15) is 5.75 Å². The lowest BCUT2D eigenvalue weighted by molar-refractivity contribution is -0.118. The molecule has 1 unspecified atom stereocenters. The van der Waals surface area contributed by atoms with Crippen molar-refractivity contribution < 1.29 is 9.53 Å². The first-order chi connectivity index (χ1) is 14.9. The van der Waals surface area contributed by atoms with E-state index in [1.54, 1.807) is 12.1 Å². The minimum absolute atomic E-state index is 0.0758. The number of hydrogen-bond acceptors (Lipinski definition) is 5. The summed E-state index contributed by atoms with van der Waals surface area (Å²) in [7, 11) is 0. The second-order valence-corrected chi connectivity index (χ2v) is 8.73. The maximum Gasteiger partial charge on any atom is 0.230 e. The van der Waals surface area contributed by atoms with Crippen molar-refractivity contribution in [2.75, 3.05) is 5.75 Å². The highest BCUT2D eigenvalue weighted by atomic mass is 35.5. The van der Waals surface area contributed by atoms with Crippen molar-refractivity contribution >= 4 is 40.9 Å². The number of benzene rings is 2. The van der Waals surface area contributed by atoms with E-state index < -0.39 is 0 Å². The van der Waals surface area contributed by atoms with Gasteiger partial charge in [-0.05, 0) is 62.2 Å². The third-order valence-electron chi connectivity index (χ3n) is 4.60. The lowest BCUT2D eigenvalue weighted by Crippen LogP contribution is -2.24. The van der Waals surface area contributed by atoms with Gasteiger partial charge in [-0.15, -0.1) is 10.2 Å². The van der Waals surface area contributed by atoms with Crippen LogP contribution in [0.5, 0.6) is 5.75 Å². The minimum Gasteiger partial charge on any atom is -0.483 e. The average molecular weight is 479 g/mol. The van der Waals surface area contributed by atoms with Gasteiger partial charge in [0.05, 0.1) is 5.75 Å². The number of nitrogens with one attached hydrogen (secondary N) is 1. The molecule has 0 radical (unpaired) electrons. The maximum atomic E-state index is 12.2. The van der Waals surface area contributed by atoms with E-state index in [9.17, 15) is 4.79 Å². The lowest BCUT2D eigenvalue weighted by atomic mass is 10.2. The Morgan fingerprint density at radius 3 is 2.61 bits per heavy atom. The second kappa shape index (κ2) is 10.9. The molecule has 0 spiro atoms. The summed E-state index contributed by atoms with van der Waals surface area (Å²) in [5.41, 5.74) is 1.94. The predicted octanol–water partition coefficient (Wildman–Crippen LogP) is 5.46. The van der Waals surface area contributed by atoms with E-state index in [-0.39, 0.29) is 17.8 Å². The molecule has 0 bridgehead atoms. The third-order valence-corrected chi connectivity index (χ3v) is 6.25. The summed E-state index contributed by atoms with van der Waals surface area (Å²) in [6.07, 6.45) is -0.305. The van der Waals surface area contributed by atoms with Gasteiger partial charge in [-0.2, -0.15) is 0 Å². The van der Waals surface area contributed by atoms with Crippen molar-refractivity contribution in [1.82, 2.24) is 20.1 Å². The molecule has 31 heavy (non-hydrogen) atoms. The standard InChI is InChI=1S/C22H24Cl2N4O2S/c1-4-28-21(15(3)30-18-9-10-19(24)14(2)11-18)26-27-22(28)31-13-20(29)25-12-16-5-7-17(23)8-6-16/h5-11,15H,4,12-13H2,1-3H3,(H,25,29). The molecule has 1 atom stereocenters. The Morgan fingerprint density at radius 1 is 1.19 bits per heavy atom. The van der Waals surface area contributed by atoms with Crippen LogP contribution in [0.3, 0.4) is 0 Å². The van der Waals surface area contributed by atoms with Crippen LogP contribution in [-0.4, -0.2) is 26.4 Å². The fourth-order valence-corrected chi connectivity index (χ4v) is 4.02. The molecule has 2 aromatic carbocycles. The number of carbonyl (C=O) groups excluding carboxylic acids is 1. The first-order valence-corrected chi connectivity index (χ1v) is 11.6. The summed E-state index contributed by atoms with van der Waals surface area (Å²) < 4.78 is 8.00. The normalized spacial score (nSPS) is 11.9. The van der Waals surface area contributed by atoms with E-state index in [1.807, 2.05) is 55.7 Å². The Bertz CT molecular complexity index is 1040. The Balaban J connectivity index is 1.57. The molecule has 1 aromatic heterocycles. The summed E-state index contributed by atoms with van der Waals surface area (Å²) in [5, 5.41) is 13.5. The molecule has 3 aromatic rings. The smallest absolute Gasteiger partial charge is 0.230 e. The Morgan fingerprint density at radius 2 is 1.94 bits per heavy atom. The number of nitrogens with zero attached hydrogens (tertiary/aromatic N) is 3. The van der Waals surface area contributed by atoms with Gasteiger partial charge in [-0.25, -0.2) is 0 Å². The van der Waals surface area contributed by atoms with Crippen LogP contribution in [0.2, 0.25) is 10.0 Å². The molecule has 0 fully saturated rings. The number of hydrogen-bond donors (Lipinski definition) is 1. The van der Waals surface area contributed by atoms with Crippen LogP contribution in [0.25, 0.3) is 0 Å². The number of amides is 1. The van der Waals surface area contributed by atoms with Crippen LogP contribution in [0, 0.1) is 6.92 Å². The Kier molecular flexibility index (Phi) is 8.23. The number of aromatic nitrogens is 3. The minimum atomic E-state index is -0.305. The van der Waals surface area contributed by atoms with Crippen molar-refractivity contribution in [3.63, 3.8) is 0 Å². The van der Waals surface area contributed by atoms with Crippen LogP contribution in [-0.2, 0) is 17.9 Å². The number of carbonyl (C=O) groups is 1. The summed E-state index contributed by atoms with van der Waals surface area (Å²) >= 11 is 13.3. The van der Waals surface area contributed by atoms with Gasteiger partial charge in [0, 0.05) is 23.1 Å². The molecule has 1 heterocycles. The highest BCUT2D eigenvalue weighted by molar-refractivity contribution is 7.99. The predicted molar refractivity (Wildman–Crippen MR) is 125 cm³/mol. The van der Waals surface area contributed by atoms with E-state index in [4.69, 9.17) is 27.9 Å². The van der Waals surface area contributed by atoms with Crippen molar-refractivity contribution in [2.45, 2.75) is 45.1 Å². The Labute approximate surface area is 196 Å². The molecule has 0 aliphatic carbocycles. The van der Waals surface area contributed by atoms with Gasteiger partial charge >= 0.3 is 0 Å². The van der Waals surface area contributed by atoms with E-state index in [1.165, 1.54) is 11.8 Å². The molecule has 0 saturated carbocycles. The van der Waals surface area contributed by atoms with Crippen molar-refractivity contribution in [3.8, 4) is 5.75 Å². The summed E-state index contributed by atoms with van der Waals surface area (Å²) in [6, 6.07) is 12.9. The molecule has 9 heteroatoms. The van der Waals surface area contributed by atoms with Gasteiger partial charge in [0.25, 0.3) is 0 Å². The largest absolute Gasteiger partial charge is 0.483 e. The van der Waals surface area contributed by atoms with E-state index in [0.29, 0.717) is 34.1 Å². The molecule has 1 N–H and O–H groups in total. The zero-order chi connectivity index (χ0) is 22.4. The van der Waals surface area contributed by atoms with Gasteiger partial charge in [-0.1, -0.05) is 47.1 Å². The zero-order valence-electron chi connectivity index (χ0n) is 17.6. The van der Waals surface area contributed by atoms with Crippen LogP contribution in [0.15, 0.2) is 47.6 Å². The third kappa shape index (κ3) is 6.38. The topological polar surface area (TPSA) is 69.0 Å². The first-order valence-electron chi connectivity index (χ1n) is 9.87. The van der Waals surface area contributed by atoms with Crippen LogP contribution in [0.4, 0.5) is 0 Å². The highest BCUT2D eigenvalue weighted by Gasteiger charge is 2.19. The maximum absolute atomic E-state index is 12.2. The van der Waals surface area contributed by atoms with Crippen molar-refractivity contribution in [2.24, 2.45) is 0 Å². The molecule has 0 aliphatic rings. The van der Waals surface area contributed by atoms with Crippen LogP contribution >= 0.6 is 35.0 Å². The molecular weight excluding hydrogens is 455 g/mol. The van der Waals surface area contributed by atoms with E-state index >= 15 is 0 Å². The van der Waals surface area contributed by atoms with Crippen molar-refractivity contribution in [1.29, 1.82) is 0 Å². The summed E-state index contributed by atoms with van der Waals surface area (Å²) in [6.45, 7) is 6.99. The van der Waals surface area contributed by atoms with Crippen molar-refractivity contribution in [3.05, 3.63) is 69.5 Å². The number of halogens is 2. The van der Waals surface area contributed by atoms with Crippen LogP contribution < -0.4 is 10.1 Å². The fourth-order valence-electron chi connectivity index (χ4n) is 2.94. The SMILES string of the molecule is CCn1c(SCC(=O)NCc2ccc(Cl)cc2)nnc1C(C)Oc1ccc(Cl)c(C)c1. The van der Waals surface area contributed by atoms with Gasteiger partial charge < -0.3 is 14.6 Å². The quantitative estimate of drug-likeness (QED) is 0.413.